The number of hydrogen-bond donors (Lipinski definition) is 1. The van der Waals surface area contributed by atoms with Crippen LogP contribution < -0.4 is 5.32 Å². The van der Waals surface area contributed by atoms with Crippen LogP contribution in [0.5, 0.6) is 0 Å². The van der Waals surface area contributed by atoms with Gasteiger partial charge in [0, 0.05) is 6.04 Å². The van der Waals surface area contributed by atoms with Crippen molar-refractivity contribution in [2.24, 2.45) is 11.8 Å². The van der Waals surface area contributed by atoms with E-state index in [0.29, 0.717) is 6.04 Å². The minimum absolute atomic E-state index is 0.601. The predicted octanol–water partition coefficient (Wildman–Crippen LogP) is 4.28. The summed E-state index contributed by atoms with van der Waals surface area (Å²) in [6.07, 6.45) is 3.85. The molecule has 1 aromatic rings. The van der Waals surface area contributed by atoms with Gasteiger partial charge in [-0.15, -0.1) is 0 Å². The van der Waals surface area contributed by atoms with Gasteiger partial charge in [0.2, 0.25) is 0 Å². The zero-order valence-electron chi connectivity index (χ0n) is 12.4. The maximum atomic E-state index is 3.53. The van der Waals surface area contributed by atoms with E-state index in [0.717, 1.165) is 18.4 Å². The maximum absolute atomic E-state index is 3.53. The molecule has 0 amide bonds. The van der Waals surface area contributed by atoms with Crippen molar-refractivity contribution in [2.45, 2.75) is 53.0 Å². The van der Waals surface area contributed by atoms with Crippen LogP contribution in [0.1, 0.15) is 46.1 Å². The molecule has 0 aliphatic carbocycles. The molecule has 1 rings (SSSR count). The van der Waals surface area contributed by atoms with E-state index in [-0.39, 0.29) is 0 Å². The highest BCUT2D eigenvalue weighted by atomic mass is 14.9. The van der Waals surface area contributed by atoms with E-state index in [1.807, 2.05) is 0 Å². The van der Waals surface area contributed by atoms with Crippen LogP contribution in [-0.2, 0) is 6.42 Å². The second-order valence-electron chi connectivity index (χ2n) is 5.90. The van der Waals surface area contributed by atoms with Crippen LogP contribution in [0.3, 0.4) is 0 Å². The van der Waals surface area contributed by atoms with Crippen molar-refractivity contribution in [1.29, 1.82) is 0 Å². The molecule has 0 saturated carbocycles. The lowest BCUT2D eigenvalue weighted by atomic mass is 9.90. The topological polar surface area (TPSA) is 12.0 Å². The smallest absolute Gasteiger partial charge is 0.00104 e. The lowest BCUT2D eigenvalue weighted by Crippen LogP contribution is -2.30. The van der Waals surface area contributed by atoms with Crippen LogP contribution >= 0.6 is 0 Å². The third-order valence-electron chi connectivity index (χ3n) is 3.79. The number of aryl methyl sites for hydroxylation is 1. The normalized spacial score (nSPS) is 14.7. The fourth-order valence-electron chi connectivity index (χ4n) is 2.18. The molecule has 1 aromatic carbocycles. The highest BCUT2D eigenvalue weighted by Crippen LogP contribution is 2.18. The van der Waals surface area contributed by atoms with Gasteiger partial charge in [-0.05, 0) is 36.8 Å². The molecular formula is C17H29N. The largest absolute Gasteiger partial charge is 0.314 e. The molecule has 0 heterocycles. The SMILES string of the molecule is CC(C)NCC(C)C(C)CCCc1ccccc1. The summed E-state index contributed by atoms with van der Waals surface area (Å²) in [7, 11) is 0. The van der Waals surface area contributed by atoms with Gasteiger partial charge < -0.3 is 5.32 Å². The van der Waals surface area contributed by atoms with E-state index in [9.17, 15) is 0 Å². The van der Waals surface area contributed by atoms with Crippen molar-refractivity contribution in [3.63, 3.8) is 0 Å². The fraction of sp³-hybridized carbons (Fsp3) is 0.647. The Hall–Kier alpha value is -0.820. The molecule has 1 heteroatoms. The monoisotopic (exact) mass is 247 g/mol. The summed E-state index contributed by atoms with van der Waals surface area (Å²) in [5.41, 5.74) is 1.47. The van der Waals surface area contributed by atoms with Crippen LogP contribution in [0.4, 0.5) is 0 Å². The first-order valence-electron chi connectivity index (χ1n) is 7.37. The van der Waals surface area contributed by atoms with E-state index in [4.69, 9.17) is 0 Å². The molecule has 2 unspecified atom stereocenters. The first-order valence-corrected chi connectivity index (χ1v) is 7.37. The second kappa shape index (κ2) is 8.31. The summed E-state index contributed by atoms with van der Waals surface area (Å²) in [6, 6.07) is 11.4. The Morgan fingerprint density at radius 1 is 0.944 bits per heavy atom. The number of benzene rings is 1. The summed E-state index contributed by atoms with van der Waals surface area (Å²) in [5, 5.41) is 3.53. The lowest BCUT2D eigenvalue weighted by molar-refractivity contribution is 0.332. The molecular weight excluding hydrogens is 218 g/mol. The van der Waals surface area contributed by atoms with Crippen molar-refractivity contribution in [3.8, 4) is 0 Å². The fourth-order valence-corrected chi connectivity index (χ4v) is 2.18. The standard InChI is InChI=1S/C17H29N/c1-14(2)18-13-16(4)15(3)9-8-12-17-10-6-5-7-11-17/h5-7,10-11,14-16,18H,8-9,12-13H2,1-4H3. The van der Waals surface area contributed by atoms with Crippen molar-refractivity contribution < 1.29 is 0 Å². The Labute approximate surface area is 113 Å². The molecule has 0 aromatic heterocycles. The van der Waals surface area contributed by atoms with Gasteiger partial charge in [0.25, 0.3) is 0 Å². The Bertz CT molecular complexity index is 305. The van der Waals surface area contributed by atoms with Gasteiger partial charge in [0.1, 0.15) is 0 Å². The zero-order valence-corrected chi connectivity index (χ0v) is 12.4. The quantitative estimate of drug-likeness (QED) is 0.723. The van der Waals surface area contributed by atoms with Gasteiger partial charge in [-0.1, -0.05) is 64.4 Å². The van der Waals surface area contributed by atoms with E-state index in [1.165, 1.54) is 24.8 Å². The number of rotatable bonds is 8. The first-order chi connectivity index (χ1) is 8.59. The van der Waals surface area contributed by atoms with Gasteiger partial charge in [0.05, 0.1) is 0 Å². The van der Waals surface area contributed by atoms with Crippen LogP contribution in [0.15, 0.2) is 30.3 Å². The summed E-state index contributed by atoms with van der Waals surface area (Å²) < 4.78 is 0. The summed E-state index contributed by atoms with van der Waals surface area (Å²) in [4.78, 5) is 0. The Kier molecular flexibility index (Phi) is 7.04. The minimum atomic E-state index is 0.601. The molecule has 0 saturated heterocycles. The minimum Gasteiger partial charge on any atom is -0.314 e. The molecule has 0 aliphatic heterocycles. The number of nitrogens with one attached hydrogen (secondary N) is 1. The van der Waals surface area contributed by atoms with Gasteiger partial charge in [-0.3, -0.25) is 0 Å². The highest BCUT2D eigenvalue weighted by molar-refractivity contribution is 5.14. The summed E-state index contributed by atoms with van der Waals surface area (Å²) in [5.74, 6) is 1.57. The molecule has 0 spiro atoms. The maximum Gasteiger partial charge on any atom is 0.00104 e. The van der Waals surface area contributed by atoms with Gasteiger partial charge in [-0.2, -0.15) is 0 Å². The third kappa shape index (κ3) is 6.20. The van der Waals surface area contributed by atoms with E-state index in [1.54, 1.807) is 0 Å². The van der Waals surface area contributed by atoms with Crippen molar-refractivity contribution in [2.75, 3.05) is 6.54 Å². The average Bonchev–Trinajstić information content (AvgIpc) is 2.37. The highest BCUT2D eigenvalue weighted by Gasteiger charge is 2.12. The number of hydrogen-bond acceptors (Lipinski definition) is 1. The first kappa shape index (κ1) is 15.2. The molecule has 1 N–H and O–H groups in total. The third-order valence-corrected chi connectivity index (χ3v) is 3.79. The lowest BCUT2D eigenvalue weighted by Gasteiger charge is -2.21. The molecule has 0 fully saturated rings. The average molecular weight is 247 g/mol. The van der Waals surface area contributed by atoms with Crippen molar-refractivity contribution >= 4 is 0 Å². The molecule has 2 atom stereocenters. The van der Waals surface area contributed by atoms with Crippen molar-refractivity contribution in [3.05, 3.63) is 35.9 Å². The van der Waals surface area contributed by atoms with Crippen LogP contribution in [0, 0.1) is 11.8 Å². The van der Waals surface area contributed by atoms with Crippen molar-refractivity contribution in [1.82, 2.24) is 5.32 Å². The molecule has 0 radical (unpaired) electrons. The van der Waals surface area contributed by atoms with Gasteiger partial charge >= 0.3 is 0 Å². The molecule has 102 valence electrons. The van der Waals surface area contributed by atoms with Crippen LogP contribution in [-0.4, -0.2) is 12.6 Å². The molecule has 0 bridgehead atoms. The van der Waals surface area contributed by atoms with Gasteiger partial charge in [0.15, 0.2) is 0 Å². The second-order valence-corrected chi connectivity index (χ2v) is 5.90. The van der Waals surface area contributed by atoms with E-state index in [2.05, 4.69) is 63.3 Å². The van der Waals surface area contributed by atoms with E-state index < -0.39 is 0 Å². The Morgan fingerprint density at radius 3 is 2.22 bits per heavy atom. The predicted molar refractivity (Wildman–Crippen MR) is 80.8 cm³/mol. The van der Waals surface area contributed by atoms with Crippen LogP contribution in [0.25, 0.3) is 0 Å². The van der Waals surface area contributed by atoms with E-state index >= 15 is 0 Å². The Morgan fingerprint density at radius 2 is 1.61 bits per heavy atom. The molecule has 1 nitrogen and oxygen atoms in total. The van der Waals surface area contributed by atoms with Crippen LogP contribution in [0.2, 0.25) is 0 Å². The molecule has 18 heavy (non-hydrogen) atoms. The van der Waals surface area contributed by atoms with Gasteiger partial charge in [-0.25, -0.2) is 0 Å². The summed E-state index contributed by atoms with van der Waals surface area (Å²) in [6.45, 7) is 10.3. The Balaban J connectivity index is 2.18. The zero-order chi connectivity index (χ0) is 13.4. The molecule has 0 aliphatic rings. The summed E-state index contributed by atoms with van der Waals surface area (Å²) >= 11 is 0.